The number of carbonyl (C=O) groups is 1. The number of amides is 1. The fourth-order valence-electron chi connectivity index (χ4n) is 2.58. The molecular formula is C16H19N5O2. The standard InChI is InChI=1S/C16H19N5O2/c1-17-14-6-7-18-16(20-14)19-11-8-15(22)21(10-11)12-4-3-5-13(9-12)23-2/h3-7,9,11H,8,10H2,1-2H3,(H2,17,18,19,20)/t11-/m0/s1. The van der Waals surface area contributed by atoms with Crippen LogP contribution in [0.15, 0.2) is 36.5 Å². The van der Waals surface area contributed by atoms with Gasteiger partial charge in [0.05, 0.1) is 13.2 Å². The molecule has 1 amide bonds. The number of benzene rings is 1. The van der Waals surface area contributed by atoms with Gasteiger partial charge in [0.2, 0.25) is 11.9 Å². The average molecular weight is 313 g/mol. The Balaban J connectivity index is 1.71. The molecule has 7 heteroatoms. The van der Waals surface area contributed by atoms with Crippen molar-refractivity contribution in [1.29, 1.82) is 0 Å². The SMILES string of the molecule is CNc1ccnc(N[C@H]2CC(=O)N(c3cccc(OC)c3)C2)n1. The maximum absolute atomic E-state index is 12.3. The third kappa shape index (κ3) is 3.33. The largest absolute Gasteiger partial charge is 0.497 e. The Bertz CT molecular complexity index is 706. The van der Waals surface area contributed by atoms with E-state index in [1.54, 1.807) is 31.3 Å². The highest BCUT2D eigenvalue weighted by molar-refractivity contribution is 5.96. The van der Waals surface area contributed by atoms with Crippen molar-refractivity contribution in [3.63, 3.8) is 0 Å². The van der Waals surface area contributed by atoms with Crippen LogP contribution in [0.2, 0.25) is 0 Å². The van der Waals surface area contributed by atoms with Crippen LogP contribution in [0.1, 0.15) is 6.42 Å². The van der Waals surface area contributed by atoms with Crippen molar-refractivity contribution in [2.75, 3.05) is 36.2 Å². The minimum absolute atomic E-state index is 0.0270. The molecule has 0 spiro atoms. The maximum Gasteiger partial charge on any atom is 0.229 e. The van der Waals surface area contributed by atoms with E-state index in [0.717, 1.165) is 17.3 Å². The smallest absolute Gasteiger partial charge is 0.229 e. The number of aromatic nitrogens is 2. The molecule has 120 valence electrons. The summed E-state index contributed by atoms with van der Waals surface area (Å²) in [6.45, 7) is 0.569. The molecule has 1 aliphatic rings. The Hall–Kier alpha value is -2.83. The molecule has 1 atom stereocenters. The number of methoxy groups -OCH3 is 1. The topological polar surface area (TPSA) is 79.4 Å². The minimum atomic E-state index is -0.0270. The average Bonchev–Trinajstić information content (AvgIpc) is 2.95. The number of nitrogens with zero attached hydrogens (tertiary/aromatic N) is 3. The third-order valence-corrected chi connectivity index (χ3v) is 3.73. The summed E-state index contributed by atoms with van der Waals surface area (Å²) in [5.41, 5.74) is 0.837. The molecule has 2 aromatic rings. The lowest BCUT2D eigenvalue weighted by Gasteiger charge is -2.18. The number of carbonyl (C=O) groups excluding carboxylic acids is 1. The zero-order valence-corrected chi connectivity index (χ0v) is 13.1. The summed E-state index contributed by atoms with van der Waals surface area (Å²) >= 11 is 0. The van der Waals surface area contributed by atoms with Gasteiger partial charge < -0.3 is 20.3 Å². The summed E-state index contributed by atoms with van der Waals surface area (Å²) in [6.07, 6.45) is 2.09. The highest BCUT2D eigenvalue weighted by Gasteiger charge is 2.31. The fraction of sp³-hybridized carbons (Fsp3) is 0.312. The Morgan fingerprint density at radius 1 is 1.35 bits per heavy atom. The lowest BCUT2D eigenvalue weighted by atomic mass is 10.2. The summed E-state index contributed by atoms with van der Waals surface area (Å²) in [5, 5.41) is 6.18. The molecule has 7 nitrogen and oxygen atoms in total. The van der Waals surface area contributed by atoms with E-state index in [2.05, 4.69) is 20.6 Å². The predicted molar refractivity (Wildman–Crippen MR) is 89.0 cm³/mol. The molecule has 2 heterocycles. The van der Waals surface area contributed by atoms with Crippen LogP contribution in [-0.2, 0) is 4.79 Å². The van der Waals surface area contributed by atoms with E-state index in [4.69, 9.17) is 4.74 Å². The molecule has 3 rings (SSSR count). The van der Waals surface area contributed by atoms with E-state index < -0.39 is 0 Å². The van der Waals surface area contributed by atoms with Gasteiger partial charge in [0.1, 0.15) is 11.6 Å². The Labute approximate surface area is 134 Å². The van der Waals surface area contributed by atoms with Gasteiger partial charge in [0, 0.05) is 38.0 Å². The van der Waals surface area contributed by atoms with E-state index >= 15 is 0 Å². The normalized spacial score (nSPS) is 17.2. The minimum Gasteiger partial charge on any atom is -0.497 e. The predicted octanol–water partition coefficient (Wildman–Crippen LogP) is 1.74. The molecule has 0 unspecified atom stereocenters. The quantitative estimate of drug-likeness (QED) is 0.875. The highest BCUT2D eigenvalue weighted by atomic mass is 16.5. The number of hydrogen-bond acceptors (Lipinski definition) is 6. The van der Waals surface area contributed by atoms with Gasteiger partial charge in [-0.15, -0.1) is 0 Å². The first-order valence-electron chi connectivity index (χ1n) is 7.41. The van der Waals surface area contributed by atoms with Crippen LogP contribution in [0.3, 0.4) is 0 Å². The van der Waals surface area contributed by atoms with Gasteiger partial charge in [-0.2, -0.15) is 4.98 Å². The second kappa shape index (κ2) is 6.51. The third-order valence-electron chi connectivity index (χ3n) is 3.73. The number of nitrogens with one attached hydrogen (secondary N) is 2. The van der Waals surface area contributed by atoms with Crippen LogP contribution in [0.5, 0.6) is 5.75 Å². The molecule has 0 saturated carbocycles. The molecule has 0 bridgehead atoms. The molecule has 0 radical (unpaired) electrons. The van der Waals surface area contributed by atoms with Crippen LogP contribution in [0.25, 0.3) is 0 Å². The molecule has 1 saturated heterocycles. The van der Waals surface area contributed by atoms with E-state index in [-0.39, 0.29) is 11.9 Å². The Kier molecular flexibility index (Phi) is 4.27. The maximum atomic E-state index is 12.3. The van der Waals surface area contributed by atoms with Gasteiger partial charge in [-0.25, -0.2) is 4.98 Å². The van der Waals surface area contributed by atoms with E-state index in [9.17, 15) is 4.79 Å². The molecule has 2 N–H and O–H groups in total. The van der Waals surface area contributed by atoms with E-state index in [1.807, 2.05) is 24.3 Å². The lowest BCUT2D eigenvalue weighted by molar-refractivity contribution is -0.117. The zero-order valence-electron chi connectivity index (χ0n) is 13.1. The number of hydrogen-bond donors (Lipinski definition) is 2. The number of ether oxygens (including phenoxy) is 1. The Morgan fingerprint density at radius 3 is 3.00 bits per heavy atom. The molecule has 1 aromatic heterocycles. The van der Waals surface area contributed by atoms with Gasteiger partial charge in [-0.1, -0.05) is 6.07 Å². The summed E-state index contributed by atoms with van der Waals surface area (Å²) < 4.78 is 5.22. The highest BCUT2D eigenvalue weighted by Crippen LogP contribution is 2.26. The van der Waals surface area contributed by atoms with Crippen molar-refractivity contribution in [3.8, 4) is 5.75 Å². The van der Waals surface area contributed by atoms with Crippen LogP contribution in [0, 0.1) is 0 Å². The first-order chi connectivity index (χ1) is 11.2. The first-order valence-corrected chi connectivity index (χ1v) is 7.41. The van der Waals surface area contributed by atoms with Crippen molar-refractivity contribution < 1.29 is 9.53 Å². The van der Waals surface area contributed by atoms with E-state index in [1.165, 1.54) is 0 Å². The molecule has 1 aliphatic heterocycles. The van der Waals surface area contributed by atoms with Crippen molar-refractivity contribution in [1.82, 2.24) is 9.97 Å². The lowest BCUT2D eigenvalue weighted by Crippen LogP contribution is -2.28. The van der Waals surface area contributed by atoms with Gasteiger partial charge in [0.25, 0.3) is 0 Å². The zero-order chi connectivity index (χ0) is 16.2. The molecule has 23 heavy (non-hydrogen) atoms. The van der Waals surface area contributed by atoms with E-state index in [0.29, 0.717) is 18.9 Å². The number of anilines is 3. The second-order valence-electron chi connectivity index (χ2n) is 5.27. The van der Waals surface area contributed by atoms with Crippen LogP contribution in [-0.4, -0.2) is 42.6 Å². The number of rotatable bonds is 5. The molecule has 1 fully saturated rings. The van der Waals surface area contributed by atoms with Crippen molar-refractivity contribution in [3.05, 3.63) is 36.5 Å². The monoisotopic (exact) mass is 313 g/mol. The van der Waals surface area contributed by atoms with Crippen molar-refractivity contribution >= 4 is 23.4 Å². The fourth-order valence-corrected chi connectivity index (χ4v) is 2.58. The van der Waals surface area contributed by atoms with Gasteiger partial charge in [-0.05, 0) is 18.2 Å². The summed E-state index contributed by atoms with van der Waals surface area (Å²) in [6, 6.07) is 9.26. The summed E-state index contributed by atoms with van der Waals surface area (Å²) in [7, 11) is 3.41. The first kappa shape index (κ1) is 15.1. The van der Waals surface area contributed by atoms with Crippen LogP contribution in [0.4, 0.5) is 17.5 Å². The van der Waals surface area contributed by atoms with Crippen molar-refractivity contribution in [2.24, 2.45) is 0 Å². The van der Waals surface area contributed by atoms with Gasteiger partial charge in [0.15, 0.2) is 0 Å². The van der Waals surface area contributed by atoms with Gasteiger partial charge in [-0.3, -0.25) is 4.79 Å². The second-order valence-corrected chi connectivity index (χ2v) is 5.27. The van der Waals surface area contributed by atoms with Crippen molar-refractivity contribution in [2.45, 2.75) is 12.5 Å². The molecule has 1 aromatic carbocycles. The molecular weight excluding hydrogens is 294 g/mol. The van der Waals surface area contributed by atoms with Crippen LogP contribution < -0.4 is 20.3 Å². The summed E-state index contributed by atoms with van der Waals surface area (Å²) in [4.78, 5) is 22.6. The molecule has 0 aliphatic carbocycles. The Morgan fingerprint density at radius 2 is 2.22 bits per heavy atom. The van der Waals surface area contributed by atoms with Crippen LogP contribution >= 0.6 is 0 Å². The summed E-state index contributed by atoms with van der Waals surface area (Å²) in [5.74, 6) is 2.05. The van der Waals surface area contributed by atoms with Gasteiger partial charge >= 0.3 is 0 Å².